The average Bonchev–Trinajstić information content (AvgIpc) is 3.34. The van der Waals surface area contributed by atoms with E-state index in [1.54, 1.807) is 11.6 Å². The molecule has 1 amide bonds. The number of aryl methyl sites for hydroxylation is 2. The summed E-state index contributed by atoms with van der Waals surface area (Å²) in [6.07, 6.45) is 2.91. The molecule has 3 aromatic rings. The first kappa shape index (κ1) is 20.2. The van der Waals surface area contributed by atoms with Gasteiger partial charge in [0.2, 0.25) is 0 Å². The highest BCUT2D eigenvalue weighted by atomic mass is 32.2. The third-order valence-corrected chi connectivity index (χ3v) is 7.24. The van der Waals surface area contributed by atoms with Crippen molar-refractivity contribution in [3.63, 3.8) is 0 Å². The van der Waals surface area contributed by atoms with Gasteiger partial charge in [0.05, 0.1) is 5.69 Å². The number of anilines is 1. The zero-order valence-electron chi connectivity index (χ0n) is 17.1. The fourth-order valence-corrected chi connectivity index (χ4v) is 5.33. The highest BCUT2D eigenvalue weighted by Gasteiger charge is 2.32. The van der Waals surface area contributed by atoms with E-state index in [-0.39, 0.29) is 10.8 Å². The van der Waals surface area contributed by atoms with Crippen LogP contribution in [0.15, 0.2) is 65.7 Å². The number of para-hydroxylation sites is 1. The Morgan fingerprint density at radius 2 is 1.83 bits per heavy atom. The number of rotatable bonds is 6. The zero-order valence-corrected chi connectivity index (χ0v) is 17.9. The van der Waals surface area contributed by atoms with Gasteiger partial charge in [-0.15, -0.1) is 0 Å². The van der Waals surface area contributed by atoms with Gasteiger partial charge in [-0.2, -0.15) is 0 Å². The Labute approximate surface area is 177 Å². The van der Waals surface area contributed by atoms with E-state index in [4.69, 9.17) is 0 Å². The highest BCUT2D eigenvalue weighted by Crippen LogP contribution is 2.33. The maximum absolute atomic E-state index is 13.2. The minimum Gasteiger partial charge on any atom is -0.350 e. The smallest absolute Gasteiger partial charge is 0.267 e. The van der Waals surface area contributed by atoms with Gasteiger partial charge in [-0.25, -0.2) is 8.42 Å². The lowest BCUT2D eigenvalue weighted by atomic mass is 10.1. The molecule has 0 radical (unpaired) electrons. The van der Waals surface area contributed by atoms with E-state index in [9.17, 15) is 13.2 Å². The number of benzene rings is 2. The summed E-state index contributed by atoms with van der Waals surface area (Å²) in [4.78, 5) is 12.8. The summed E-state index contributed by atoms with van der Waals surface area (Å²) < 4.78 is 29.4. The van der Waals surface area contributed by atoms with Gasteiger partial charge < -0.3 is 9.88 Å². The van der Waals surface area contributed by atoms with Gasteiger partial charge in [-0.05, 0) is 43.0 Å². The fraction of sp³-hybridized carbons (Fsp3) is 0.261. The van der Waals surface area contributed by atoms with Crippen molar-refractivity contribution in [1.82, 2.24) is 9.88 Å². The van der Waals surface area contributed by atoms with Crippen molar-refractivity contribution >= 4 is 21.6 Å². The van der Waals surface area contributed by atoms with Crippen LogP contribution in [0.3, 0.4) is 0 Å². The lowest BCUT2D eigenvalue weighted by Crippen LogP contribution is -2.29. The van der Waals surface area contributed by atoms with Crippen LogP contribution >= 0.6 is 0 Å². The summed E-state index contributed by atoms with van der Waals surface area (Å²) in [5, 5.41) is 2.88. The largest absolute Gasteiger partial charge is 0.350 e. The lowest BCUT2D eigenvalue weighted by Gasteiger charge is -2.18. The molecule has 4 rings (SSSR count). The van der Waals surface area contributed by atoms with E-state index >= 15 is 0 Å². The van der Waals surface area contributed by atoms with Gasteiger partial charge in [0, 0.05) is 26.3 Å². The molecule has 7 heteroatoms. The van der Waals surface area contributed by atoms with Gasteiger partial charge in [0.25, 0.3) is 15.9 Å². The summed E-state index contributed by atoms with van der Waals surface area (Å²) in [5.41, 5.74) is 4.39. The van der Waals surface area contributed by atoms with Crippen molar-refractivity contribution in [3.05, 3.63) is 83.2 Å². The SMILES string of the molecule is Cc1ccc(CCNC(=O)c2cc(S(=O)(=O)N3CCc4ccccc43)cn2C)cc1. The fourth-order valence-electron chi connectivity index (χ4n) is 3.75. The molecule has 1 aromatic heterocycles. The summed E-state index contributed by atoms with van der Waals surface area (Å²) in [6, 6.07) is 17.2. The molecule has 2 heterocycles. The van der Waals surface area contributed by atoms with Crippen LogP contribution in [0.4, 0.5) is 5.69 Å². The molecular formula is C23H25N3O3S. The van der Waals surface area contributed by atoms with Crippen LogP contribution < -0.4 is 9.62 Å². The second-order valence-electron chi connectivity index (χ2n) is 7.62. The zero-order chi connectivity index (χ0) is 21.3. The molecule has 0 aliphatic carbocycles. The van der Waals surface area contributed by atoms with E-state index in [1.807, 2.05) is 55.5 Å². The summed E-state index contributed by atoms with van der Waals surface area (Å²) in [5.74, 6) is -0.284. The minimum absolute atomic E-state index is 0.130. The summed E-state index contributed by atoms with van der Waals surface area (Å²) in [7, 11) is -2.04. The third-order valence-electron chi connectivity index (χ3n) is 5.46. The van der Waals surface area contributed by atoms with Crippen LogP contribution in [-0.4, -0.2) is 32.0 Å². The molecule has 1 aliphatic rings. The van der Waals surface area contributed by atoms with E-state index in [2.05, 4.69) is 5.32 Å². The number of amides is 1. The van der Waals surface area contributed by atoms with Gasteiger partial charge in [-0.1, -0.05) is 48.0 Å². The number of carbonyl (C=O) groups is 1. The number of fused-ring (bicyclic) bond motifs is 1. The first-order chi connectivity index (χ1) is 14.4. The second kappa shape index (κ2) is 7.99. The van der Waals surface area contributed by atoms with Crippen LogP contribution in [0.1, 0.15) is 27.2 Å². The maximum Gasteiger partial charge on any atom is 0.267 e. The number of nitrogens with zero attached hydrogens (tertiary/aromatic N) is 2. The quantitative estimate of drug-likeness (QED) is 0.662. The Kier molecular flexibility index (Phi) is 5.39. The normalized spacial score (nSPS) is 13.3. The predicted molar refractivity (Wildman–Crippen MR) is 117 cm³/mol. The Hall–Kier alpha value is -3.06. The van der Waals surface area contributed by atoms with Gasteiger partial charge in [0.15, 0.2) is 0 Å². The second-order valence-corrected chi connectivity index (χ2v) is 9.48. The molecule has 156 valence electrons. The van der Waals surface area contributed by atoms with Crippen molar-refractivity contribution in [3.8, 4) is 0 Å². The molecule has 0 saturated carbocycles. The molecular weight excluding hydrogens is 398 g/mol. The van der Waals surface area contributed by atoms with E-state index < -0.39 is 10.0 Å². The Morgan fingerprint density at radius 3 is 2.60 bits per heavy atom. The van der Waals surface area contributed by atoms with Crippen LogP contribution in [-0.2, 0) is 29.9 Å². The van der Waals surface area contributed by atoms with Gasteiger partial charge >= 0.3 is 0 Å². The molecule has 30 heavy (non-hydrogen) atoms. The predicted octanol–water partition coefficient (Wildman–Crippen LogP) is 3.06. The van der Waals surface area contributed by atoms with Crippen LogP contribution in [0, 0.1) is 6.92 Å². The monoisotopic (exact) mass is 423 g/mol. The van der Waals surface area contributed by atoms with Crippen molar-refractivity contribution in [1.29, 1.82) is 0 Å². The van der Waals surface area contributed by atoms with E-state index in [0.29, 0.717) is 37.3 Å². The minimum atomic E-state index is -3.72. The first-order valence-electron chi connectivity index (χ1n) is 9.97. The molecule has 0 fully saturated rings. The Morgan fingerprint density at radius 1 is 1.10 bits per heavy atom. The maximum atomic E-state index is 13.2. The van der Waals surface area contributed by atoms with Gasteiger partial charge in [0.1, 0.15) is 10.6 Å². The number of hydrogen-bond acceptors (Lipinski definition) is 3. The molecule has 2 aromatic carbocycles. The molecule has 0 spiro atoms. The number of sulfonamides is 1. The molecule has 0 bridgehead atoms. The van der Waals surface area contributed by atoms with Gasteiger partial charge in [-0.3, -0.25) is 9.10 Å². The number of hydrogen-bond donors (Lipinski definition) is 1. The lowest BCUT2D eigenvalue weighted by molar-refractivity contribution is 0.0946. The average molecular weight is 424 g/mol. The summed E-state index contributed by atoms with van der Waals surface area (Å²) >= 11 is 0. The van der Waals surface area contributed by atoms with Crippen LogP contribution in [0.2, 0.25) is 0 Å². The number of aromatic nitrogens is 1. The molecule has 1 N–H and O–H groups in total. The molecule has 0 atom stereocenters. The van der Waals surface area contributed by atoms with Crippen LogP contribution in [0.5, 0.6) is 0 Å². The van der Waals surface area contributed by atoms with Crippen LogP contribution in [0.25, 0.3) is 0 Å². The van der Waals surface area contributed by atoms with Crippen molar-refractivity contribution in [2.24, 2.45) is 7.05 Å². The number of carbonyl (C=O) groups excluding carboxylic acids is 1. The van der Waals surface area contributed by atoms with E-state index in [1.165, 1.54) is 22.1 Å². The Balaban J connectivity index is 1.47. The third kappa shape index (κ3) is 3.85. The van der Waals surface area contributed by atoms with Crippen molar-refractivity contribution in [2.75, 3.05) is 17.4 Å². The molecule has 6 nitrogen and oxygen atoms in total. The molecule has 0 unspecified atom stereocenters. The highest BCUT2D eigenvalue weighted by molar-refractivity contribution is 7.92. The Bertz CT molecular complexity index is 1180. The summed E-state index contributed by atoms with van der Waals surface area (Å²) in [6.45, 7) is 2.93. The number of nitrogens with one attached hydrogen (secondary N) is 1. The standard InChI is InChI=1S/C23H25N3O3S/c1-17-7-9-18(10-8-17)11-13-24-23(27)22-15-20(16-25(22)2)30(28,29)26-14-12-19-5-3-4-6-21(19)26/h3-10,15-16H,11-14H2,1-2H3,(H,24,27). The molecule has 1 aliphatic heterocycles. The van der Waals surface area contributed by atoms with Crippen molar-refractivity contribution in [2.45, 2.75) is 24.7 Å². The molecule has 0 saturated heterocycles. The first-order valence-corrected chi connectivity index (χ1v) is 11.4. The topological polar surface area (TPSA) is 71.4 Å². The van der Waals surface area contributed by atoms with Crippen molar-refractivity contribution < 1.29 is 13.2 Å². The van der Waals surface area contributed by atoms with E-state index in [0.717, 1.165) is 11.1 Å².